The van der Waals surface area contributed by atoms with Crippen molar-refractivity contribution in [3.8, 4) is 11.4 Å². The molecule has 2 heterocycles. The highest BCUT2D eigenvalue weighted by Crippen LogP contribution is 2.32. The highest BCUT2D eigenvalue weighted by atomic mass is 16.5. The van der Waals surface area contributed by atoms with E-state index < -0.39 is 0 Å². The molecule has 1 aliphatic rings. The molecule has 2 aromatic rings. The Morgan fingerprint density at radius 3 is 2.84 bits per heavy atom. The van der Waals surface area contributed by atoms with Gasteiger partial charge in [-0.2, -0.15) is 10.1 Å². The second-order valence-electron chi connectivity index (χ2n) is 5.28. The summed E-state index contributed by atoms with van der Waals surface area (Å²) >= 11 is 0. The van der Waals surface area contributed by atoms with E-state index in [0.29, 0.717) is 17.6 Å². The van der Waals surface area contributed by atoms with Crippen LogP contribution in [0.2, 0.25) is 0 Å². The van der Waals surface area contributed by atoms with E-state index in [1.807, 2.05) is 13.2 Å². The second-order valence-corrected chi connectivity index (χ2v) is 5.28. The Balaban J connectivity index is 1.76. The average molecular weight is 261 g/mol. The lowest BCUT2D eigenvalue weighted by Gasteiger charge is -2.24. The Hall–Kier alpha value is -1.69. The molecule has 1 aliphatic carbocycles. The van der Waals surface area contributed by atoms with Crippen LogP contribution in [0.25, 0.3) is 11.4 Å². The van der Waals surface area contributed by atoms with E-state index in [0.717, 1.165) is 18.4 Å². The monoisotopic (exact) mass is 261 g/mol. The first-order valence-electron chi connectivity index (χ1n) is 6.82. The first-order valence-corrected chi connectivity index (χ1v) is 6.82. The molecule has 6 heteroatoms. The minimum atomic E-state index is -0.141. The van der Waals surface area contributed by atoms with E-state index in [2.05, 4.69) is 15.2 Å². The highest BCUT2D eigenvalue weighted by Gasteiger charge is 2.26. The van der Waals surface area contributed by atoms with Gasteiger partial charge >= 0.3 is 0 Å². The van der Waals surface area contributed by atoms with E-state index in [1.165, 1.54) is 19.3 Å². The Morgan fingerprint density at radius 2 is 2.16 bits per heavy atom. The van der Waals surface area contributed by atoms with Crippen LogP contribution in [0.15, 0.2) is 16.9 Å². The van der Waals surface area contributed by atoms with Crippen molar-refractivity contribution < 1.29 is 4.52 Å². The molecule has 6 nitrogen and oxygen atoms in total. The number of nitrogens with two attached hydrogens (primary N) is 1. The van der Waals surface area contributed by atoms with E-state index >= 15 is 0 Å². The van der Waals surface area contributed by atoms with Gasteiger partial charge in [-0.3, -0.25) is 4.68 Å². The van der Waals surface area contributed by atoms with Gasteiger partial charge in [-0.1, -0.05) is 24.4 Å². The standard InChI is InChI=1S/C13H19N5O/c1-18-8-10(7-15-18)12-16-13(19-17-12)11(14)9-5-3-2-4-6-9/h7-9,11H,2-6,14H2,1H3. The van der Waals surface area contributed by atoms with Gasteiger partial charge in [0.2, 0.25) is 11.7 Å². The van der Waals surface area contributed by atoms with Gasteiger partial charge in [0.25, 0.3) is 0 Å². The molecule has 0 aliphatic heterocycles. The Bertz CT molecular complexity index is 541. The molecule has 2 aromatic heterocycles. The summed E-state index contributed by atoms with van der Waals surface area (Å²) in [7, 11) is 1.86. The van der Waals surface area contributed by atoms with Gasteiger partial charge in [-0.15, -0.1) is 0 Å². The fourth-order valence-corrected chi connectivity index (χ4v) is 2.72. The van der Waals surface area contributed by atoms with Crippen molar-refractivity contribution in [2.75, 3.05) is 0 Å². The maximum Gasteiger partial charge on any atom is 0.244 e. The predicted octanol–water partition coefficient (Wildman–Crippen LogP) is 2.05. The van der Waals surface area contributed by atoms with Crippen LogP contribution >= 0.6 is 0 Å². The van der Waals surface area contributed by atoms with E-state index in [4.69, 9.17) is 10.3 Å². The average Bonchev–Trinajstić information content (AvgIpc) is 3.07. The zero-order chi connectivity index (χ0) is 13.2. The molecule has 0 saturated heterocycles. The quantitative estimate of drug-likeness (QED) is 0.914. The molecule has 0 bridgehead atoms. The Morgan fingerprint density at radius 1 is 1.37 bits per heavy atom. The zero-order valence-electron chi connectivity index (χ0n) is 11.1. The summed E-state index contributed by atoms with van der Waals surface area (Å²) < 4.78 is 7.03. The molecule has 3 rings (SSSR count). The maximum absolute atomic E-state index is 6.25. The van der Waals surface area contributed by atoms with Crippen LogP contribution in [0.5, 0.6) is 0 Å². The predicted molar refractivity (Wildman–Crippen MR) is 70.0 cm³/mol. The molecule has 2 N–H and O–H groups in total. The lowest BCUT2D eigenvalue weighted by molar-refractivity contribution is 0.255. The molecular formula is C13H19N5O. The maximum atomic E-state index is 6.25. The van der Waals surface area contributed by atoms with Crippen LogP contribution in [0.1, 0.15) is 44.0 Å². The van der Waals surface area contributed by atoms with E-state index in [9.17, 15) is 0 Å². The summed E-state index contributed by atoms with van der Waals surface area (Å²) in [5.41, 5.74) is 7.10. The summed E-state index contributed by atoms with van der Waals surface area (Å²) in [6.07, 6.45) is 9.72. The van der Waals surface area contributed by atoms with E-state index in [-0.39, 0.29) is 6.04 Å². The van der Waals surface area contributed by atoms with Crippen molar-refractivity contribution in [2.45, 2.75) is 38.1 Å². The Labute approximate surface area is 112 Å². The van der Waals surface area contributed by atoms with Crippen molar-refractivity contribution in [2.24, 2.45) is 18.7 Å². The molecule has 0 aromatic carbocycles. The van der Waals surface area contributed by atoms with Crippen LogP contribution in [-0.4, -0.2) is 19.9 Å². The topological polar surface area (TPSA) is 82.8 Å². The lowest BCUT2D eigenvalue weighted by Crippen LogP contribution is -2.23. The SMILES string of the molecule is Cn1cc(-c2noc(C(N)C3CCCCC3)n2)cn1. The molecule has 1 fully saturated rings. The van der Waals surface area contributed by atoms with Gasteiger partial charge in [0.15, 0.2) is 0 Å². The minimum Gasteiger partial charge on any atom is -0.337 e. The van der Waals surface area contributed by atoms with Crippen molar-refractivity contribution >= 4 is 0 Å². The molecule has 1 unspecified atom stereocenters. The third-order valence-electron chi connectivity index (χ3n) is 3.85. The van der Waals surface area contributed by atoms with Gasteiger partial charge in [0.1, 0.15) is 0 Å². The van der Waals surface area contributed by atoms with Gasteiger partial charge < -0.3 is 10.3 Å². The molecule has 0 amide bonds. The fourth-order valence-electron chi connectivity index (χ4n) is 2.72. The summed E-state index contributed by atoms with van der Waals surface area (Å²) in [6.45, 7) is 0. The summed E-state index contributed by atoms with van der Waals surface area (Å²) in [5, 5.41) is 8.10. The normalized spacial score (nSPS) is 18.6. The zero-order valence-corrected chi connectivity index (χ0v) is 11.1. The lowest BCUT2D eigenvalue weighted by atomic mass is 9.84. The number of rotatable bonds is 3. The van der Waals surface area contributed by atoms with Crippen molar-refractivity contribution in [3.63, 3.8) is 0 Å². The van der Waals surface area contributed by atoms with Crippen LogP contribution in [-0.2, 0) is 7.05 Å². The molecule has 1 saturated carbocycles. The molecule has 1 atom stereocenters. The summed E-state index contributed by atoms with van der Waals surface area (Å²) in [5.74, 6) is 1.58. The molecule has 0 radical (unpaired) electrons. The number of aryl methyl sites for hydroxylation is 1. The first kappa shape index (κ1) is 12.3. The van der Waals surface area contributed by atoms with Gasteiger partial charge in [0.05, 0.1) is 17.8 Å². The van der Waals surface area contributed by atoms with Crippen molar-refractivity contribution in [1.29, 1.82) is 0 Å². The highest BCUT2D eigenvalue weighted by molar-refractivity contribution is 5.51. The van der Waals surface area contributed by atoms with Gasteiger partial charge in [-0.25, -0.2) is 0 Å². The molecule has 19 heavy (non-hydrogen) atoms. The third kappa shape index (κ3) is 2.53. The van der Waals surface area contributed by atoms with Crippen LogP contribution in [0.3, 0.4) is 0 Å². The molecule has 0 spiro atoms. The molecule has 102 valence electrons. The number of hydrogen-bond acceptors (Lipinski definition) is 5. The third-order valence-corrected chi connectivity index (χ3v) is 3.85. The van der Waals surface area contributed by atoms with Gasteiger partial charge in [0, 0.05) is 13.2 Å². The molecular weight excluding hydrogens is 242 g/mol. The van der Waals surface area contributed by atoms with Crippen molar-refractivity contribution in [3.05, 3.63) is 18.3 Å². The smallest absolute Gasteiger partial charge is 0.244 e. The first-order chi connectivity index (χ1) is 9.24. The van der Waals surface area contributed by atoms with Gasteiger partial charge in [-0.05, 0) is 18.8 Å². The van der Waals surface area contributed by atoms with Crippen LogP contribution < -0.4 is 5.73 Å². The van der Waals surface area contributed by atoms with Crippen molar-refractivity contribution in [1.82, 2.24) is 19.9 Å². The summed E-state index contributed by atoms with van der Waals surface area (Å²) in [6, 6.07) is -0.141. The fraction of sp³-hybridized carbons (Fsp3) is 0.615. The number of aromatic nitrogens is 4. The second kappa shape index (κ2) is 5.13. The number of nitrogens with zero attached hydrogens (tertiary/aromatic N) is 4. The Kier molecular flexibility index (Phi) is 3.33. The largest absolute Gasteiger partial charge is 0.337 e. The van der Waals surface area contributed by atoms with Crippen LogP contribution in [0.4, 0.5) is 0 Å². The minimum absolute atomic E-state index is 0.141. The number of hydrogen-bond donors (Lipinski definition) is 1. The van der Waals surface area contributed by atoms with Crippen LogP contribution in [0, 0.1) is 5.92 Å². The van der Waals surface area contributed by atoms with E-state index in [1.54, 1.807) is 10.9 Å². The summed E-state index contributed by atoms with van der Waals surface area (Å²) in [4.78, 5) is 4.41.